The van der Waals surface area contributed by atoms with Crippen molar-refractivity contribution in [2.75, 3.05) is 20.3 Å². The van der Waals surface area contributed by atoms with Crippen LogP contribution in [0.25, 0.3) is 0 Å². The van der Waals surface area contributed by atoms with E-state index in [0.717, 1.165) is 19.3 Å². The molecule has 0 aromatic heterocycles. The van der Waals surface area contributed by atoms with Gasteiger partial charge in [0.25, 0.3) is 0 Å². The number of hydrogen-bond acceptors (Lipinski definition) is 7. The van der Waals surface area contributed by atoms with Crippen molar-refractivity contribution in [3.05, 3.63) is 68.6 Å². The molecule has 0 heterocycles. The van der Waals surface area contributed by atoms with Gasteiger partial charge in [0, 0.05) is 37.1 Å². The fourth-order valence-electron chi connectivity index (χ4n) is 5.83. The molecule has 2 aromatic carbocycles. The summed E-state index contributed by atoms with van der Waals surface area (Å²) in [4.78, 5) is 28.6. The summed E-state index contributed by atoms with van der Waals surface area (Å²) in [6.45, 7) is 1.68. The van der Waals surface area contributed by atoms with Crippen molar-refractivity contribution in [1.82, 2.24) is 10.2 Å². The second-order valence-electron chi connectivity index (χ2n) is 12.0. The van der Waals surface area contributed by atoms with Crippen LogP contribution in [0.4, 0.5) is 4.39 Å². The van der Waals surface area contributed by atoms with E-state index >= 15 is 0 Å². The Balaban J connectivity index is 1.88. The highest BCUT2D eigenvalue weighted by molar-refractivity contribution is 14.1. The first-order valence-corrected chi connectivity index (χ1v) is 17.8. The monoisotopic (exact) mass is 768 g/mol. The van der Waals surface area contributed by atoms with Gasteiger partial charge >= 0.3 is 0 Å². The fraction of sp³-hybridized carbons (Fsp3) is 0.556. The number of nitrogens with one attached hydrogen (secondary N) is 1. The molecular formula is C36H50FIN2O7. The number of halogens is 2. The fourth-order valence-corrected chi connectivity index (χ4v) is 6.62. The van der Waals surface area contributed by atoms with E-state index in [2.05, 4.69) is 12.2 Å². The van der Waals surface area contributed by atoms with Crippen LogP contribution in [0.15, 0.2) is 48.0 Å². The molecule has 9 nitrogen and oxygen atoms in total. The van der Waals surface area contributed by atoms with Gasteiger partial charge < -0.3 is 35.0 Å². The van der Waals surface area contributed by atoms with Crippen molar-refractivity contribution in [1.29, 1.82) is 0 Å². The van der Waals surface area contributed by atoms with Gasteiger partial charge in [-0.3, -0.25) is 9.59 Å². The molecule has 1 aliphatic carbocycles. The predicted molar refractivity (Wildman–Crippen MR) is 187 cm³/mol. The second-order valence-corrected chi connectivity index (χ2v) is 13.1. The number of unbranched alkanes of at least 4 members (excludes halogenated alkanes) is 8. The predicted octanol–water partition coefficient (Wildman–Crippen LogP) is 5.80. The van der Waals surface area contributed by atoms with Crippen molar-refractivity contribution >= 4 is 34.4 Å². The van der Waals surface area contributed by atoms with Crippen LogP contribution in [0.3, 0.4) is 0 Å². The number of aliphatic hydroxyl groups excluding tert-OH is 3. The van der Waals surface area contributed by atoms with Crippen LogP contribution in [-0.4, -0.2) is 70.5 Å². The lowest BCUT2D eigenvalue weighted by molar-refractivity contribution is -0.139. The molecule has 0 saturated carbocycles. The number of ether oxygens (including phenoxy) is 2. The van der Waals surface area contributed by atoms with Crippen LogP contribution in [0.2, 0.25) is 0 Å². The third kappa shape index (κ3) is 11.7. The largest absolute Gasteiger partial charge is 0.493 e. The summed E-state index contributed by atoms with van der Waals surface area (Å²) in [5, 5.41) is 33.4. The van der Waals surface area contributed by atoms with Crippen LogP contribution in [0.5, 0.6) is 11.5 Å². The molecule has 47 heavy (non-hydrogen) atoms. The third-order valence-electron chi connectivity index (χ3n) is 8.45. The van der Waals surface area contributed by atoms with Gasteiger partial charge in [0.1, 0.15) is 18.0 Å². The Labute approximate surface area is 291 Å². The molecule has 2 amide bonds. The van der Waals surface area contributed by atoms with Crippen molar-refractivity contribution in [3.63, 3.8) is 0 Å². The lowest BCUT2D eigenvalue weighted by Gasteiger charge is -2.41. The molecule has 4 N–H and O–H groups in total. The summed E-state index contributed by atoms with van der Waals surface area (Å²) < 4.78 is 27.4. The number of methoxy groups -OCH3 is 1. The summed E-state index contributed by atoms with van der Waals surface area (Å²) in [5.74, 6) is -0.525. The standard InChI is InChI=1S/C36H50FIN2O7/c1-3-4-5-6-7-8-9-10-11-16-33(43)40(23-26-14-12-13-15-28(26)37)30-21-27(36(45)39-17-18-41)22-31(34(30)44)47-35-29(38)19-25(24-42)20-32(35)46-2/h12-15,19-20,22,30-31,34,41-42,44H,3-11,16-18,21,23-24H2,1-2H3,(H,39,45). The topological polar surface area (TPSA) is 129 Å². The zero-order valence-corrected chi connectivity index (χ0v) is 29.7. The third-order valence-corrected chi connectivity index (χ3v) is 9.25. The number of benzene rings is 2. The van der Waals surface area contributed by atoms with Gasteiger partial charge in [0.2, 0.25) is 11.8 Å². The van der Waals surface area contributed by atoms with Gasteiger partial charge in [-0.25, -0.2) is 4.39 Å². The van der Waals surface area contributed by atoms with Crippen molar-refractivity contribution in [2.45, 2.75) is 109 Å². The smallest absolute Gasteiger partial charge is 0.247 e. The second kappa shape index (κ2) is 20.6. The highest BCUT2D eigenvalue weighted by atomic mass is 127. The minimum Gasteiger partial charge on any atom is -0.493 e. The van der Waals surface area contributed by atoms with Gasteiger partial charge in [-0.15, -0.1) is 0 Å². The lowest BCUT2D eigenvalue weighted by Crippen LogP contribution is -2.54. The minimum atomic E-state index is -1.28. The van der Waals surface area contributed by atoms with Crippen molar-refractivity contribution in [3.8, 4) is 11.5 Å². The molecule has 11 heteroatoms. The Morgan fingerprint density at radius 2 is 1.72 bits per heavy atom. The van der Waals surface area contributed by atoms with Crippen LogP contribution < -0.4 is 14.8 Å². The molecule has 0 aliphatic heterocycles. The van der Waals surface area contributed by atoms with Gasteiger partial charge in [-0.05, 0) is 58.9 Å². The highest BCUT2D eigenvalue weighted by Gasteiger charge is 2.41. The van der Waals surface area contributed by atoms with Gasteiger partial charge in [-0.1, -0.05) is 76.5 Å². The molecule has 1 aliphatic rings. The summed E-state index contributed by atoms with van der Waals surface area (Å²) in [6.07, 6.45) is 9.24. The SMILES string of the molecule is CCCCCCCCCCCC(=O)N(Cc1ccccc1F)C1CC(C(=O)NCCO)=CC(Oc2c(I)cc(CO)cc2OC)C1O. The van der Waals surface area contributed by atoms with Gasteiger partial charge in [0.15, 0.2) is 11.5 Å². The molecule has 3 atom stereocenters. The molecular weight excluding hydrogens is 718 g/mol. The Morgan fingerprint density at radius 3 is 2.36 bits per heavy atom. The van der Waals surface area contributed by atoms with Crippen LogP contribution >= 0.6 is 22.6 Å². The number of rotatable bonds is 20. The molecule has 0 fully saturated rings. The van der Waals surface area contributed by atoms with Gasteiger partial charge in [-0.2, -0.15) is 0 Å². The number of carbonyl (C=O) groups is 2. The molecule has 0 radical (unpaired) electrons. The molecule has 3 rings (SSSR count). The highest BCUT2D eigenvalue weighted by Crippen LogP contribution is 2.37. The van der Waals surface area contributed by atoms with Crippen LogP contribution in [0, 0.1) is 9.39 Å². The number of hydrogen-bond donors (Lipinski definition) is 4. The maximum absolute atomic E-state index is 14.9. The number of nitrogens with zero attached hydrogens (tertiary/aromatic N) is 1. The maximum atomic E-state index is 14.9. The van der Waals surface area contributed by atoms with E-state index < -0.39 is 30.0 Å². The summed E-state index contributed by atoms with van der Waals surface area (Å²) in [6, 6.07) is 8.66. The average Bonchev–Trinajstić information content (AvgIpc) is 3.07. The lowest BCUT2D eigenvalue weighted by atomic mass is 9.87. The molecule has 260 valence electrons. The molecule has 0 saturated heterocycles. The Bertz CT molecular complexity index is 1320. The minimum absolute atomic E-state index is 0.00786. The first-order chi connectivity index (χ1) is 22.7. The van der Waals surface area contributed by atoms with E-state index in [-0.39, 0.29) is 50.6 Å². The maximum Gasteiger partial charge on any atom is 0.247 e. The summed E-state index contributed by atoms with van der Waals surface area (Å²) in [5.41, 5.74) is 1.18. The van der Waals surface area contributed by atoms with Crippen LogP contribution in [0.1, 0.15) is 88.7 Å². The van der Waals surface area contributed by atoms with E-state index in [1.54, 1.807) is 30.3 Å². The van der Waals surface area contributed by atoms with Gasteiger partial charge in [0.05, 0.1) is 29.9 Å². The Morgan fingerprint density at radius 1 is 1.04 bits per heavy atom. The van der Waals surface area contributed by atoms with Crippen LogP contribution in [-0.2, 0) is 22.7 Å². The normalized spacial score (nSPS) is 17.6. The average molecular weight is 769 g/mol. The van der Waals surface area contributed by atoms with E-state index in [1.807, 2.05) is 22.6 Å². The first kappa shape index (κ1) is 38.7. The quantitative estimate of drug-likeness (QED) is 0.0992. The van der Waals surface area contributed by atoms with E-state index in [9.17, 15) is 29.3 Å². The van der Waals surface area contributed by atoms with E-state index in [4.69, 9.17) is 9.47 Å². The summed E-state index contributed by atoms with van der Waals surface area (Å²) in [7, 11) is 1.46. The Hall–Kier alpha value is -2.74. The number of carbonyl (C=O) groups excluding carboxylic acids is 2. The molecule has 0 bridgehead atoms. The van der Waals surface area contributed by atoms with Crippen molar-refractivity contribution in [2.24, 2.45) is 0 Å². The number of aliphatic hydroxyl groups is 3. The molecule has 0 spiro atoms. The molecule has 3 unspecified atom stereocenters. The molecule has 2 aromatic rings. The Kier molecular flexibility index (Phi) is 17.0. The van der Waals surface area contributed by atoms with Crippen molar-refractivity contribution < 1.29 is 38.8 Å². The zero-order chi connectivity index (χ0) is 34.2. The number of amides is 2. The van der Waals surface area contributed by atoms with E-state index in [0.29, 0.717) is 32.6 Å². The van der Waals surface area contributed by atoms with E-state index in [1.165, 1.54) is 56.3 Å². The summed E-state index contributed by atoms with van der Waals surface area (Å²) >= 11 is 2.05. The zero-order valence-electron chi connectivity index (χ0n) is 27.6. The first-order valence-electron chi connectivity index (χ1n) is 16.7.